The van der Waals surface area contributed by atoms with Gasteiger partial charge in [0.2, 0.25) is 0 Å². The molecular formula is C19H22O6. The van der Waals surface area contributed by atoms with E-state index in [-0.39, 0.29) is 23.4 Å². The minimum absolute atomic E-state index is 0.0162. The first-order valence-corrected chi connectivity index (χ1v) is 8.63. The molecule has 1 saturated heterocycles. The van der Waals surface area contributed by atoms with E-state index >= 15 is 0 Å². The van der Waals surface area contributed by atoms with Crippen LogP contribution in [-0.2, 0) is 23.8 Å². The largest absolute Gasteiger partial charge is 0.458 e. The lowest BCUT2D eigenvalue weighted by Gasteiger charge is -2.42. The summed E-state index contributed by atoms with van der Waals surface area (Å²) in [6.07, 6.45) is 4.88. The molecule has 4 rings (SSSR count). The Bertz CT molecular complexity index is 728. The number of rotatable bonds is 2. The van der Waals surface area contributed by atoms with Crippen LogP contribution in [-0.4, -0.2) is 35.5 Å². The summed E-state index contributed by atoms with van der Waals surface area (Å²) in [5.74, 6) is -1.05. The van der Waals surface area contributed by atoms with Crippen molar-refractivity contribution in [1.82, 2.24) is 0 Å². The molecule has 2 fully saturated rings. The van der Waals surface area contributed by atoms with Gasteiger partial charge in [-0.2, -0.15) is 0 Å². The Balaban J connectivity index is 1.59. The molecule has 1 saturated carbocycles. The number of cyclic esters (lactones) is 1. The van der Waals surface area contributed by atoms with Crippen LogP contribution >= 0.6 is 0 Å². The highest BCUT2D eigenvalue weighted by Gasteiger charge is 2.56. The zero-order valence-corrected chi connectivity index (χ0v) is 14.5. The Labute approximate surface area is 146 Å². The van der Waals surface area contributed by atoms with Crippen molar-refractivity contribution in [3.63, 3.8) is 0 Å². The van der Waals surface area contributed by atoms with Gasteiger partial charge in [0, 0.05) is 17.6 Å². The molecule has 25 heavy (non-hydrogen) atoms. The highest BCUT2D eigenvalue weighted by Crippen LogP contribution is 2.55. The maximum absolute atomic E-state index is 12.3. The molecular weight excluding hydrogens is 324 g/mol. The number of esters is 2. The van der Waals surface area contributed by atoms with Crippen molar-refractivity contribution in [3.05, 3.63) is 35.1 Å². The lowest BCUT2D eigenvalue weighted by molar-refractivity contribution is -0.152. The zero-order chi connectivity index (χ0) is 17.9. The molecule has 0 unspecified atom stereocenters. The Morgan fingerprint density at radius 2 is 2.00 bits per heavy atom. The molecule has 2 aliphatic heterocycles. The molecule has 0 aromatic heterocycles. The molecule has 0 aromatic rings. The zero-order valence-electron chi connectivity index (χ0n) is 14.5. The van der Waals surface area contributed by atoms with Crippen LogP contribution in [0.1, 0.15) is 33.6 Å². The number of hydrogen-bond donors (Lipinski definition) is 1. The van der Waals surface area contributed by atoms with Crippen LogP contribution in [0.2, 0.25) is 0 Å². The number of hydrogen-bond acceptors (Lipinski definition) is 6. The van der Waals surface area contributed by atoms with Gasteiger partial charge in [-0.15, -0.1) is 0 Å². The molecule has 134 valence electrons. The third-order valence-electron chi connectivity index (χ3n) is 5.80. The highest BCUT2D eigenvalue weighted by molar-refractivity contribution is 5.92. The standard InChI is InChI=1S/C19H22O6/c1-9-6-14(24-17(9)21)23-8-12-10-7-11-13(20)4-5-19(2,3)15(11)16(10)25-18(12)22/h6-8,10,13-16,20H,4-5H2,1-3H3/b12-8+/t10-,13+,14+,15+,16+/m0/s1. The first-order valence-electron chi connectivity index (χ1n) is 8.63. The van der Waals surface area contributed by atoms with E-state index in [4.69, 9.17) is 14.2 Å². The summed E-state index contributed by atoms with van der Waals surface area (Å²) in [7, 11) is 0. The van der Waals surface area contributed by atoms with E-state index in [1.807, 2.05) is 6.08 Å². The molecule has 6 heteroatoms. The Morgan fingerprint density at radius 1 is 1.24 bits per heavy atom. The number of carbonyl (C=O) groups excluding carboxylic acids is 2. The smallest absolute Gasteiger partial charge is 0.338 e. The van der Waals surface area contributed by atoms with Gasteiger partial charge in [0.25, 0.3) is 6.29 Å². The molecule has 0 aromatic carbocycles. The molecule has 0 radical (unpaired) electrons. The predicted molar refractivity (Wildman–Crippen MR) is 86.8 cm³/mol. The predicted octanol–water partition coefficient (Wildman–Crippen LogP) is 1.99. The second-order valence-electron chi connectivity index (χ2n) is 7.92. The summed E-state index contributed by atoms with van der Waals surface area (Å²) in [6.45, 7) is 5.95. The second kappa shape index (κ2) is 5.46. The van der Waals surface area contributed by atoms with E-state index in [0.29, 0.717) is 11.1 Å². The first-order chi connectivity index (χ1) is 11.8. The lowest BCUT2D eigenvalue weighted by Crippen LogP contribution is -2.41. The summed E-state index contributed by atoms with van der Waals surface area (Å²) >= 11 is 0. The highest BCUT2D eigenvalue weighted by atomic mass is 16.7. The van der Waals surface area contributed by atoms with E-state index in [0.717, 1.165) is 18.4 Å². The van der Waals surface area contributed by atoms with Crippen molar-refractivity contribution in [2.75, 3.05) is 0 Å². The third kappa shape index (κ3) is 2.51. The number of aliphatic hydroxyl groups is 1. The molecule has 6 nitrogen and oxygen atoms in total. The number of ether oxygens (including phenoxy) is 3. The topological polar surface area (TPSA) is 82.1 Å². The molecule has 0 spiro atoms. The van der Waals surface area contributed by atoms with E-state index in [9.17, 15) is 14.7 Å². The van der Waals surface area contributed by atoms with Gasteiger partial charge >= 0.3 is 11.9 Å². The Kier molecular flexibility index (Phi) is 3.58. The molecule has 2 aliphatic carbocycles. The van der Waals surface area contributed by atoms with E-state index in [1.165, 1.54) is 6.26 Å². The van der Waals surface area contributed by atoms with Crippen LogP contribution in [0.15, 0.2) is 35.1 Å². The van der Waals surface area contributed by atoms with Crippen LogP contribution in [0, 0.1) is 17.3 Å². The van der Waals surface area contributed by atoms with Crippen molar-refractivity contribution >= 4 is 11.9 Å². The van der Waals surface area contributed by atoms with Gasteiger partial charge in [-0.1, -0.05) is 19.9 Å². The summed E-state index contributed by atoms with van der Waals surface area (Å²) in [5.41, 5.74) is 1.81. The van der Waals surface area contributed by atoms with Crippen molar-refractivity contribution < 1.29 is 28.9 Å². The van der Waals surface area contributed by atoms with Gasteiger partial charge in [0.05, 0.1) is 23.9 Å². The van der Waals surface area contributed by atoms with Gasteiger partial charge in [-0.05, 0) is 30.8 Å². The van der Waals surface area contributed by atoms with Gasteiger partial charge in [-0.25, -0.2) is 9.59 Å². The number of aliphatic hydroxyl groups excluding tert-OH is 1. The molecule has 4 aliphatic rings. The van der Waals surface area contributed by atoms with Crippen molar-refractivity contribution in [1.29, 1.82) is 0 Å². The average Bonchev–Trinajstić information content (AvgIpc) is 3.15. The second-order valence-corrected chi connectivity index (χ2v) is 7.92. The van der Waals surface area contributed by atoms with Crippen LogP contribution in [0.25, 0.3) is 0 Å². The average molecular weight is 346 g/mol. The minimum atomic E-state index is -0.815. The third-order valence-corrected chi connectivity index (χ3v) is 5.80. The van der Waals surface area contributed by atoms with Crippen LogP contribution in [0.5, 0.6) is 0 Å². The fourth-order valence-electron chi connectivity index (χ4n) is 4.42. The first kappa shape index (κ1) is 16.4. The van der Waals surface area contributed by atoms with Crippen LogP contribution < -0.4 is 0 Å². The summed E-state index contributed by atoms with van der Waals surface area (Å²) in [6, 6.07) is 0. The molecule has 0 bridgehead atoms. The Hall–Kier alpha value is -2.08. The van der Waals surface area contributed by atoms with E-state index in [2.05, 4.69) is 13.8 Å². The normalized spacial score (nSPS) is 40.2. The van der Waals surface area contributed by atoms with Crippen molar-refractivity contribution in [3.8, 4) is 0 Å². The molecule has 5 atom stereocenters. The van der Waals surface area contributed by atoms with Crippen LogP contribution in [0.4, 0.5) is 0 Å². The fraction of sp³-hybridized carbons (Fsp3) is 0.579. The van der Waals surface area contributed by atoms with Crippen LogP contribution in [0.3, 0.4) is 0 Å². The minimum Gasteiger partial charge on any atom is -0.458 e. The lowest BCUT2D eigenvalue weighted by atomic mass is 9.65. The molecule has 2 heterocycles. The quantitative estimate of drug-likeness (QED) is 0.356. The fourth-order valence-corrected chi connectivity index (χ4v) is 4.42. The maximum atomic E-state index is 12.3. The van der Waals surface area contributed by atoms with Gasteiger partial charge in [0.15, 0.2) is 0 Å². The number of carbonyl (C=O) groups is 2. The van der Waals surface area contributed by atoms with Gasteiger partial charge in [-0.3, -0.25) is 0 Å². The van der Waals surface area contributed by atoms with E-state index < -0.39 is 24.3 Å². The Morgan fingerprint density at radius 3 is 2.68 bits per heavy atom. The van der Waals surface area contributed by atoms with Gasteiger partial charge in [0.1, 0.15) is 6.10 Å². The molecule has 0 amide bonds. The molecule has 1 N–H and O–H groups in total. The monoisotopic (exact) mass is 346 g/mol. The summed E-state index contributed by atoms with van der Waals surface area (Å²) in [5, 5.41) is 10.4. The summed E-state index contributed by atoms with van der Waals surface area (Å²) in [4.78, 5) is 23.7. The SMILES string of the molecule is CC1=C[C@H](O/C=C2/C(=O)O[C@H]3[C@H]4C(=C[C@@H]23)[C@H](O)CCC4(C)C)OC1=O. The van der Waals surface area contributed by atoms with E-state index in [1.54, 1.807) is 13.0 Å². The maximum Gasteiger partial charge on any atom is 0.338 e. The van der Waals surface area contributed by atoms with Crippen molar-refractivity contribution in [2.24, 2.45) is 17.3 Å². The number of fused-ring (bicyclic) bond motifs is 3. The van der Waals surface area contributed by atoms with Crippen molar-refractivity contribution in [2.45, 2.75) is 52.1 Å². The summed E-state index contributed by atoms with van der Waals surface area (Å²) < 4.78 is 16.1. The van der Waals surface area contributed by atoms with Gasteiger partial charge < -0.3 is 19.3 Å².